The molecule has 3 heteroatoms. The highest BCUT2D eigenvalue weighted by molar-refractivity contribution is 5.11. The molecule has 0 aliphatic carbocycles. The van der Waals surface area contributed by atoms with E-state index in [1.54, 1.807) is 0 Å². The average molecular weight is 221 g/mol. The highest BCUT2D eigenvalue weighted by atomic mass is 15.1. The van der Waals surface area contributed by atoms with Crippen molar-refractivity contribution in [1.29, 1.82) is 0 Å². The molecule has 1 aromatic heterocycles. The summed E-state index contributed by atoms with van der Waals surface area (Å²) in [6, 6.07) is 0. The lowest BCUT2D eigenvalue weighted by atomic mass is 9.81. The minimum atomic E-state index is 0.0781. The average Bonchev–Trinajstić information content (AvgIpc) is 2.55. The van der Waals surface area contributed by atoms with Gasteiger partial charge in [0, 0.05) is 19.4 Å². The molecule has 1 aliphatic rings. The minimum absolute atomic E-state index is 0.0781. The molecule has 0 aromatic carbocycles. The van der Waals surface area contributed by atoms with E-state index in [1.807, 2.05) is 12.4 Å². The summed E-state index contributed by atoms with van der Waals surface area (Å²) in [5.41, 5.74) is 0.0781. The molecule has 3 nitrogen and oxygen atoms in total. The summed E-state index contributed by atoms with van der Waals surface area (Å²) in [4.78, 5) is 4.58. The van der Waals surface area contributed by atoms with E-state index in [0.717, 1.165) is 6.54 Å². The van der Waals surface area contributed by atoms with E-state index in [2.05, 4.69) is 35.8 Å². The van der Waals surface area contributed by atoms with Crippen molar-refractivity contribution in [2.24, 2.45) is 13.0 Å². The number of hydrogen-bond donors (Lipinski definition) is 1. The van der Waals surface area contributed by atoms with Crippen LogP contribution in [-0.4, -0.2) is 16.1 Å². The normalized spacial score (nSPS) is 27.0. The van der Waals surface area contributed by atoms with Crippen LogP contribution in [-0.2, 0) is 12.6 Å². The maximum absolute atomic E-state index is 4.58. The first-order valence-electron chi connectivity index (χ1n) is 6.39. The van der Waals surface area contributed by atoms with Crippen LogP contribution in [0.4, 0.5) is 0 Å². The fourth-order valence-corrected chi connectivity index (χ4v) is 2.84. The predicted octanol–water partition coefficient (Wildman–Crippen LogP) is 2.43. The first-order chi connectivity index (χ1) is 7.67. The molecule has 0 bridgehead atoms. The number of aromatic nitrogens is 2. The van der Waals surface area contributed by atoms with Gasteiger partial charge < -0.3 is 9.88 Å². The summed E-state index contributed by atoms with van der Waals surface area (Å²) in [7, 11) is 2.10. The topological polar surface area (TPSA) is 29.9 Å². The number of aryl methyl sites for hydroxylation is 1. The maximum atomic E-state index is 4.58. The maximum Gasteiger partial charge on any atom is 0.129 e. The van der Waals surface area contributed by atoms with Crippen LogP contribution in [0.5, 0.6) is 0 Å². The van der Waals surface area contributed by atoms with E-state index in [0.29, 0.717) is 5.92 Å². The second kappa shape index (κ2) is 4.58. The Morgan fingerprint density at radius 2 is 2.19 bits per heavy atom. The Labute approximate surface area is 98.3 Å². The van der Waals surface area contributed by atoms with Gasteiger partial charge >= 0.3 is 0 Å². The zero-order valence-corrected chi connectivity index (χ0v) is 10.7. The lowest BCUT2D eigenvalue weighted by molar-refractivity contribution is 0.211. The molecule has 90 valence electrons. The van der Waals surface area contributed by atoms with Crippen molar-refractivity contribution in [3.8, 4) is 0 Å². The highest BCUT2D eigenvalue weighted by Crippen LogP contribution is 2.35. The molecule has 0 amide bonds. The summed E-state index contributed by atoms with van der Waals surface area (Å²) < 4.78 is 2.16. The molecule has 1 aliphatic heterocycles. The number of rotatable bonds is 2. The van der Waals surface area contributed by atoms with Gasteiger partial charge in [0.2, 0.25) is 0 Å². The second-order valence-corrected chi connectivity index (χ2v) is 5.23. The minimum Gasteiger partial charge on any atom is -0.336 e. The van der Waals surface area contributed by atoms with E-state index >= 15 is 0 Å². The third kappa shape index (κ3) is 1.88. The summed E-state index contributed by atoms with van der Waals surface area (Å²) in [6.45, 7) is 5.71. The van der Waals surface area contributed by atoms with Crippen LogP contribution < -0.4 is 5.32 Å². The molecule has 2 rings (SSSR count). The van der Waals surface area contributed by atoms with Gasteiger partial charge in [0.1, 0.15) is 5.82 Å². The molecule has 1 unspecified atom stereocenters. The largest absolute Gasteiger partial charge is 0.336 e. The third-order valence-electron chi connectivity index (χ3n) is 3.89. The van der Waals surface area contributed by atoms with Gasteiger partial charge in [-0.1, -0.05) is 26.7 Å². The van der Waals surface area contributed by atoms with Gasteiger partial charge in [-0.05, 0) is 25.3 Å². The number of nitrogens with zero attached hydrogens (tertiary/aromatic N) is 2. The zero-order chi connectivity index (χ0) is 11.6. The number of nitrogens with one attached hydrogen (secondary N) is 1. The Hall–Kier alpha value is -0.830. The van der Waals surface area contributed by atoms with Crippen molar-refractivity contribution < 1.29 is 0 Å². The Balaban J connectivity index is 2.38. The van der Waals surface area contributed by atoms with E-state index in [4.69, 9.17) is 0 Å². The van der Waals surface area contributed by atoms with Gasteiger partial charge in [-0.2, -0.15) is 0 Å². The third-order valence-corrected chi connectivity index (χ3v) is 3.89. The smallest absolute Gasteiger partial charge is 0.129 e. The molecular weight excluding hydrogens is 198 g/mol. The molecule has 1 atom stereocenters. The lowest BCUT2D eigenvalue weighted by Gasteiger charge is -2.37. The van der Waals surface area contributed by atoms with Crippen molar-refractivity contribution in [1.82, 2.24) is 14.9 Å². The van der Waals surface area contributed by atoms with Gasteiger partial charge in [-0.25, -0.2) is 4.98 Å². The van der Waals surface area contributed by atoms with E-state index < -0.39 is 0 Å². The first kappa shape index (κ1) is 11.6. The van der Waals surface area contributed by atoms with E-state index in [9.17, 15) is 0 Å². The molecule has 1 saturated heterocycles. The Morgan fingerprint density at radius 1 is 1.38 bits per heavy atom. The molecular formula is C13H23N3. The van der Waals surface area contributed by atoms with Crippen LogP contribution in [0.25, 0.3) is 0 Å². The molecule has 0 radical (unpaired) electrons. The first-order valence-corrected chi connectivity index (χ1v) is 6.39. The summed E-state index contributed by atoms with van der Waals surface area (Å²) >= 11 is 0. The second-order valence-electron chi connectivity index (χ2n) is 5.23. The Bertz CT molecular complexity index is 333. The SMILES string of the molecule is CC(C)C1(c2nccn2C)CCCCCN1. The van der Waals surface area contributed by atoms with Crippen LogP contribution in [0, 0.1) is 5.92 Å². The fraction of sp³-hybridized carbons (Fsp3) is 0.769. The quantitative estimate of drug-likeness (QED) is 0.831. The van der Waals surface area contributed by atoms with Gasteiger partial charge in [-0.15, -0.1) is 0 Å². The van der Waals surface area contributed by atoms with Crippen LogP contribution in [0.1, 0.15) is 45.4 Å². The van der Waals surface area contributed by atoms with Crippen molar-refractivity contribution in [3.63, 3.8) is 0 Å². The highest BCUT2D eigenvalue weighted by Gasteiger charge is 2.38. The molecule has 2 heterocycles. The van der Waals surface area contributed by atoms with Gasteiger partial charge in [-0.3, -0.25) is 0 Å². The molecule has 1 fully saturated rings. The zero-order valence-electron chi connectivity index (χ0n) is 10.7. The summed E-state index contributed by atoms with van der Waals surface area (Å²) in [5.74, 6) is 1.77. The van der Waals surface area contributed by atoms with E-state index in [1.165, 1.54) is 31.5 Å². The fourth-order valence-electron chi connectivity index (χ4n) is 2.84. The standard InChI is InChI=1S/C13H23N3/c1-11(2)13(7-5-4-6-8-15-13)12-14-9-10-16(12)3/h9-11,15H,4-8H2,1-3H3. The van der Waals surface area contributed by atoms with E-state index in [-0.39, 0.29) is 5.54 Å². The molecule has 1 aromatic rings. The van der Waals surface area contributed by atoms with Crippen LogP contribution in [0.15, 0.2) is 12.4 Å². The Morgan fingerprint density at radius 3 is 2.81 bits per heavy atom. The lowest BCUT2D eigenvalue weighted by Crippen LogP contribution is -2.48. The van der Waals surface area contributed by atoms with Crippen LogP contribution >= 0.6 is 0 Å². The molecule has 16 heavy (non-hydrogen) atoms. The van der Waals surface area contributed by atoms with Crippen LogP contribution in [0.3, 0.4) is 0 Å². The molecule has 1 N–H and O–H groups in total. The molecule has 0 saturated carbocycles. The van der Waals surface area contributed by atoms with Gasteiger partial charge in [0.15, 0.2) is 0 Å². The number of imidazole rings is 1. The monoisotopic (exact) mass is 221 g/mol. The van der Waals surface area contributed by atoms with Gasteiger partial charge in [0.25, 0.3) is 0 Å². The summed E-state index contributed by atoms with van der Waals surface area (Å²) in [5, 5.41) is 3.75. The molecule has 0 spiro atoms. The van der Waals surface area contributed by atoms with Gasteiger partial charge in [0.05, 0.1) is 5.54 Å². The van der Waals surface area contributed by atoms with Crippen molar-refractivity contribution in [2.45, 2.75) is 45.1 Å². The van der Waals surface area contributed by atoms with Crippen LogP contribution in [0.2, 0.25) is 0 Å². The Kier molecular flexibility index (Phi) is 3.33. The number of hydrogen-bond acceptors (Lipinski definition) is 2. The summed E-state index contributed by atoms with van der Waals surface area (Å²) in [6.07, 6.45) is 9.09. The predicted molar refractivity (Wildman–Crippen MR) is 66.2 cm³/mol. The van der Waals surface area contributed by atoms with Crippen molar-refractivity contribution in [3.05, 3.63) is 18.2 Å². The van der Waals surface area contributed by atoms with Crippen molar-refractivity contribution in [2.75, 3.05) is 6.54 Å². The van der Waals surface area contributed by atoms with Crippen molar-refractivity contribution >= 4 is 0 Å².